The van der Waals surface area contributed by atoms with E-state index in [1.807, 2.05) is 6.92 Å². The lowest BCUT2D eigenvalue weighted by molar-refractivity contribution is -0.917. The molecule has 6 nitrogen and oxygen atoms in total. The molecule has 1 aromatic rings. The van der Waals surface area contributed by atoms with E-state index in [2.05, 4.69) is 5.32 Å². The lowest BCUT2D eigenvalue weighted by Gasteiger charge is -2.33. The van der Waals surface area contributed by atoms with Crippen LogP contribution >= 0.6 is 22.9 Å². The number of hydrogen-bond acceptors (Lipinski definition) is 4. The quantitative estimate of drug-likeness (QED) is 0.755. The Morgan fingerprint density at radius 3 is 2.57 bits per heavy atom. The van der Waals surface area contributed by atoms with Gasteiger partial charge >= 0.3 is 0 Å². The molecule has 0 unspecified atom stereocenters. The minimum atomic E-state index is -3.47. The van der Waals surface area contributed by atoms with Gasteiger partial charge in [0.25, 0.3) is 15.9 Å². The number of thiophene rings is 1. The molecular formula is C14H21ClN3O3S2+. The predicted molar refractivity (Wildman–Crippen MR) is 89.4 cm³/mol. The minimum Gasteiger partial charge on any atom is -0.348 e. The van der Waals surface area contributed by atoms with Gasteiger partial charge in [0.15, 0.2) is 6.04 Å². The van der Waals surface area contributed by atoms with Gasteiger partial charge in [0.1, 0.15) is 4.21 Å². The van der Waals surface area contributed by atoms with E-state index < -0.39 is 10.0 Å². The Labute approximate surface area is 145 Å². The van der Waals surface area contributed by atoms with Crippen LogP contribution in [0.5, 0.6) is 0 Å². The van der Waals surface area contributed by atoms with Crippen molar-refractivity contribution >= 4 is 38.9 Å². The molecule has 3 rings (SSSR count). The minimum absolute atomic E-state index is 0.0730. The van der Waals surface area contributed by atoms with E-state index in [-0.39, 0.29) is 16.2 Å². The van der Waals surface area contributed by atoms with Crippen LogP contribution in [0.1, 0.15) is 19.8 Å². The first kappa shape index (κ1) is 17.2. The van der Waals surface area contributed by atoms with Gasteiger partial charge < -0.3 is 10.2 Å². The largest absolute Gasteiger partial charge is 0.348 e. The van der Waals surface area contributed by atoms with Crippen LogP contribution in [0.3, 0.4) is 0 Å². The van der Waals surface area contributed by atoms with Crippen LogP contribution in [0.4, 0.5) is 0 Å². The molecule has 9 heteroatoms. The van der Waals surface area contributed by atoms with Crippen LogP contribution in [-0.4, -0.2) is 56.9 Å². The fourth-order valence-electron chi connectivity index (χ4n) is 2.75. The summed E-state index contributed by atoms with van der Waals surface area (Å²) in [5.74, 6) is 0.0730. The van der Waals surface area contributed by atoms with Crippen molar-refractivity contribution in [1.29, 1.82) is 0 Å². The molecule has 1 saturated carbocycles. The van der Waals surface area contributed by atoms with Crippen molar-refractivity contribution in [3.8, 4) is 0 Å². The van der Waals surface area contributed by atoms with E-state index in [0.29, 0.717) is 36.6 Å². The van der Waals surface area contributed by atoms with Crippen molar-refractivity contribution < 1.29 is 18.1 Å². The second-order valence-corrected chi connectivity index (χ2v) is 10.0. The van der Waals surface area contributed by atoms with Gasteiger partial charge in [0.2, 0.25) is 0 Å². The molecule has 23 heavy (non-hydrogen) atoms. The molecule has 1 aromatic heterocycles. The molecule has 1 aliphatic carbocycles. The summed E-state index contributed by atoms with van der Waals surface area (Å²) in [6, 6.07) is 3.37. The van der Waals surface area contributed by atoms with Gasteiger partial charge in [-0.2, -0.15) is 4.31 Å². The Bertz CT molecular complexity index is 679. The molecular weight excluding hydrogens is 358 g/mol. The standard InChI is InChI=1S/C14H20ClN3O3S2/c1-10(14(19)16-11-2-3-11)17-6-8-18(9-7-17)23(20,21)13-5-4-12(15)22-13/h4-5,10-11H,2-3,6-9H2,1H3,(H,16,19)/p+1/t10-/m0/s1. The molecule has 2 N–H and O–H groups in total. The van der Waals surface area contributed by atoms with Crippen LogP contribution in [0.2, 0.25) is 4.34 Å². The SMILES string of the molecule is C[C@@H](C(=O)NC1CC1)[NH+]1CCN(S(=O)(=O)c2ccc(Cl)s2)CC1. The molecule has 2 heterocycles. The summed E-state index contributed by atoms with van der Waals surface area (Å²) in [4.78, 5) is 13.3. The highest BCUT2D eigenvalue weighted by Crippen LogP contribution is 2.28. The van der Waals surface area contributed by atoms with E-state index in [4.69, 9.17) is 11.6 Å². The summed E-state index contributed by atoms with van der Waals surface area (Å²) in [6.07, 6.45) is 2.15. The second kappa shape index (κ2) is 6.68. The zero-order chi connectivity index (χ0) is 16.6. The number of sulfonamides is 1. The average Bonchev–Trinajstić information content (AvgIpc) is 3.23. The maximum atomic E-state index is 12.6. The number of amides is 1. The van der Waals surface area contributed by atoms with Crippen molar-refractivity contribution in [3.63, 3.8) is 0 Å². The number of rotatable bonds is 5. The van der Waals surface area contributed by atoms with E-state index in [1.54, 1.807) is 12.1 Å². The smallest absolute Gasteiger partial charge is 0.278 e. The number of piperazine rings is 1. The fraction of sp³-hybridized carbons (Fsp3) is 0.643. The molecule has 128 valence electrons. The average molecular weight is 379 g/mol. The predicted octanol–water partition coefficient (Wildman–Crippen LogP) is -0.0422. The Morgan fingerprint density at radius 1 is 1.39 bits per heavy atom. The van der Waals surface area contributed by atoms with E-state index in [9.17, 15) is 13.2 Å². The first-order valence-corrected chi connectivity index (χ1v) is 10.4. The monoisotopic (exact) mass is 378 g/mol. The van der Waals surface area contributed by atoms with Crippen LogP contribution in [0, 0.1) is 0 Å². The first-order valence-electron chi connectivity index (χ1n) is 7.78. The first-order chi connectivity index (χ1) is 10.9. The maximum Gasteiger partial charge on any atom is 0.278 e. The maximum absolute atomic E-state index is 12.6. The molecule has 1 saturated heterocycles. The van der Waals surface area contributed by atoms with Crippen molar-refractivity contribution in [2.45, 2.75) is 36.1 Å². The number of carbonyl (C=O) groups excluding carboxylic acids is 1. The Balaban J connectivity index is 1.58. The van der Waals surface area contributed by atoms with Crippen LogP contribution in [0.25, 0.3) is 0 Å². The Hall–Kier alpha value is -0.670. The summed E-state index contributed by atoms with van der Waals surface area (Å²) in [5.41, 5.74) is 0. The molecule has 1 aliphatic heterocycles. The van der Waals surface area contributed by atoms with Crippen LogP contribution in [-0.2, 0) is 14.8 Å². The van der Waals surface area contributed by atoms with Crippen molar-refractivity contribution in [3.05, 3.63) is 16.5 Å². The normalized spacial score (nSPS) is 22.0. The Morgan fingerprint density at radius 2 is 2.04 bits per heavy atom. The molecule has 2 aliphatic rings. The van der Waals surface area contributed by atoms with E-state index in [1.165, 1.54) is 4.31 Å². The number of nitrogens with zero attached hydrogens (tertiary/aromatic N) is 1. The lowest BCUT2D eigenvalue weighted by Crippen LogP contribution is -3.19. The third kappa shape index (κ3) is 3.88. The molecule has 1 amide bonds. The van der Waals surface area contributed by atoms with Gasteiger partial charge in [0, 0.05) is 6.04 Å². The number of quaternary nitrogens is 1. The number of nitrogens with one attached hydrogen (secondary N) is 2. The Kier molecular flexibility index (Phi) is 4.98. The fourth-order valence-corrected chi connectivity index (χ4v) is 5.83. The van der Waals surface area contributed by atoms with Gasteiger partial charge in [-0.1, -0.05) is 11.6 Å². The van der Waals surface area contributed by atoms with Gasteiger partial charge in [-0.25, -0.2) is 8.42 Å². The third-order valence-electron chi connectivity index (χ3n) is 4.44. The van der Waals surface area contributed by atoms with Gasteiger partial charge in [-0.3, -0.25) is 4.79 Å². The molecule has 0 radical (unpaired) electrons. The summed E-state index contributed by atoms with van der Waals surface area (Å²) in [5, 5.41) is 3.02. The molecule has 0 spiro atoms. The summed E-state index contributed by atoms with van der Waals surface area (Å²) in [6.45, 7) is 4.04. The molecule has 1 atom stereocenters. The third-order valence-corrected chi connectivity index (χ3v) is 8.03. The zero-order valence-corrected chi connectivity index (χ0v) is 15.3. The van der Waals surface area contributed by atoms with Gasteiger partial charge in [-0.15, -0.1) is 11.3 Å². The number of halogens is 1. The van der Waals surface area contributed by atoms with Crippen molar-refractivity contribution in [2.24, 2.45) is 0 Å². The molecule has 0 bridgehead atoms. The van der Waals surface area contributed by atoms with E-state index >= 15 is 0 Å². The zero-order valence-electron chi connectivity index (χ0n) is 12.9. The molecule has 0 aromatic carbocycles. The highest BCUT2D eigenvalue weighted by Gasteiger charge is 2.36. The van der Waals surface area contributed by atoms with Crippen LogP contribution in [0.15, 0.2) is 16.3 Å². The van der Waals surface area contributed by atoms with Gasteiger partial charge in [-0.05, 0) is 31.9 Å². The van der Waals surface area contributed by atoms with Gasteiger partial charge in [0.05, 0.1) is 30.5 Å². The summed E-state index contributed by atoms with van der Waals surface area (Å²) >= 11 is 6.92. The number of hydrogen-bond donors (Lipinski definition) is 2. The summed E-state index contributed by atoms with van der Waals surface area (Å²) in [7, 11) is -3.47. The lowest BCUT2D eigenvalue weighted by atomic mass is 10.2. The second-order valence-electron chi connectivity index (χ2n) is 6.13. The topological polar surface area (TPSA) is 70.9 Å². The summed E-state index contributed by atoms with van der Waals surface area (Å²) < 4.78 is 27.4. The van der Waals surface area contributed by atoms with E-state index in [0.717, 1.165) is 29.1 Å². The van der Waals surface area contributed by atoms with Crippen molar-refractivity contribution in [2.75, 3.05) is 26.2 Å². The van der Waals surface area contributed by atoms with Crippen LogP contribution < -0.4 is 10.2 Å². The highest BCUT2D eigenvalue weighted by atomic mass is 35.5. The van der Waals surface area contributed by atoms with Crippen molar-refractivity contribution in [1.82, 2.24) is 9.62 Å². The number of carbonyl (C=O) groups is 1. The highest BCUT2D eigenvalue weighted by molar-refractivity contribution is 7.91. The molecule has 2 fully saturated rings.